The molecular weight excluding hydrogens is 435 g/mol. The second-order valence-corrected chi connectivity index (χ2v) is 9.47. The Kier molecular flexibility index (Phi) is 6.42. The molecule has 1 atom stereocenters. The van der Waals surface area contributed by atoms with Crippen LogP contribution in [0.5, 0.6) is 0 Å². The highest BCUT2D eigenvalue weighted by Gasteiger charge is 2.32. The zero-order chi connectivity index (χ0) is 23.8. The lowest BCUT2D eigenvalue weighted by atomic mass is 9.91. The van der Waals surface area contributed by atoms with Gasteiger partial charge < -0.3 is 14.5 Å². The zero-order valence-electron chi connectivity index (χ0n) is 19.8. The number of hydrogen-bond acceptors (Lipinski definition) is 5. The third-order valence-electron chi connectivity index (χ3n) is 7.08. The van der Waals surface area contributed by atoms with Crippen LogP contribution in [0.3, 0.4) is 0 Å². The molecule has 0 amide bonds. The monoisotopic (exact) mass is 466 g/mol. The number of nitrogens with zero attached hydrogens (tertiary/aromatic N) is 4. The number of pyridine rings is 1. The molecule has 0 radical (unpaired) electrons. The Morgan fingerprint density at radius 1 is 1.32 bits per heavy atom. The molecule has 0 aromatic carbocycles. The summed E-state index contributed by atoms with van der Waals surface area (Å²) in [5.74, 6) is 0.465. The molecule has 0 spiro atoms. The molecule has 0 saturated carbocycles. The van der Waals surface area contributed by atoms with E-state index in [0.717, 1.165) is 67.8 Å². The van der Waals surface area contributed by atoms with Gasteiger partial charge in [0.05, 0.1) is 41.7 Å². The smallest absolute Gasteiger partial charge is 0.162 e. The first kappa shape index (κ1) is 23.0. The highest BCUT2D eigenvalue weighted by atomic mass is 19.1. The number of aromatic nitrogens is 2. The van der Waals surface area contributed by atoms with Gasteiger partial charge in [-0.15, -0.1) is 0 Å². The summed E-state index contributed by atoms with van der Waals surface area (Å²) in [6.07, 6.45) is 5.94. The number of fused-ring (bicyclic) bond motifs is 1. The molecule has 0 bridgehead atoms. The van der Waals surface area contributed by atoms with Crippen molar-refractivity contribution in [1.29, 1.82) is 5.41 Å². The number of rotatable bonds is 6. The molecule has 2 N–H and O–H groups in total. The second-order valence-electron chi connectivity index (χ2n) is 9.47. The first-order valence-corrected chi connectivity index (χ1v) is 11.9. The number of aromatic amines is 1. The Morgan fingerprint density at radius 3 is 2.71 bits per heavy atom. The molecule has 34 heavy (non-hydrogen) atoms. The summed E-state index contributed by atoms with van der Waals surface area (Å²) in [6, 6.07) is 2.11. The van der Waals surface area contributed by atoms with Crippen LogP contribution in [0.15, 0.2) is 22.1 Å². The molecule has 180 valence electrons. The third-order valence-corrected chi connectivity index (χ3v) is 7.08. The molecular formula is C25H31FN6O2. The second kappa shape index (κ2) is 9.48. The van der Waals surface area contributed by atoms with Crippen molar-refractivity contribution in [2.75, 3.05) is 33.4 Å². The number of aliphatic imine (C=N–C) groups is 2. The SMILES string of the molecule is COC1C=C(c2[nH]c3cc(F)c(C4CCN(C5COC5)CC4)nc3c2C(C)C)C=NC1=NC=N. The fraction of sp³-hybridized carbons (Fsp3) is 0.520. The number of dihydropyridines is 1. The summed E-state index contributed by atoms with van der Waals surface area (Å²) in [5, 5.41) is 7.23. The van der Waals surface area contributed by atoms with Crippen molar-refractivity contribution < 1.29 is 13.9 Å². The molecule has 2 fully saturated rings. The van der Waals surface area contributed by atoms with Crippen LogP contribution in [0.1, 0.15) is 55.5 Å². The molecule has 8 nitrogen and oxygen atoms in total. The largest absolute Gasteiger partial charge is 0.378 e. The van der Waals surface area contributed by atoms with Gasteiger partial charge in [0, 0.05) is 36.4 Å². The van der Waals surface area contributed by atoms with Gasteiger partial charge in [-0.3, -0.25) is 10.3 Å². The number of likely N-dealkylation sites (tertiary alicyclic amines) is 1. The molecule has 2 aromatic heterocycles. The number of halogens is 1. The number of methoxy groups -OCH3 is 1. The van der Waals surface area contributed by atoms with Crippen molar-refractivity contribution in [3.8, 4) is 0 Å². The van der Waals surface area contributed by atoms with Crippen LogP contribution in [0.25, 0.3) is 16.6 Å². The predicted octanol–water partition coefficient (Wildman–Crippen LogP) is 3.89. The fourth-order valence-corrected chi connectivity index (χ4v) is 5.16. The first-order valence-electron chi connectivity index (χ1n) is 11.9. The molecule has 3 aliphatic heterocycles. The Hall–Kier alpha value is -2.75. The normalized spacial score (nSPS) is 23.6. The predicted molar refractivity (Wildman–Crippen MR) is 132 cm³/mol. The van der Waals surface area contributed by atoms with Crippen molar-refractivity contribution >= 4 is 35.0 Å². The summed E-state index contributed by atoms with van der Waals surface area (Å²) >= 11 is 0. The molecule has 1 unspecified atom stereocenters. The van der Waals surface area contributed by atoms with Gasteiger partial charge in [-0.05, 0) is 37.9 Å². The van der Waals surface area contributed by atoms with Gasteiger partial charge >= 0.3 is 0 Å². The molecule has 9 heteroatoms. The van der Waals surface area contributed by atoms with Crippen LogP contribution in [0, 0.1) is 11.2 Å². The standard InChI is InChI=1S/C25H31FN6O2/c1-14(2)21-23(16-8-20(33-3)25(28-10-16)29-13-27)30-19-9-18(26)22(31-24(19)21)15-4-6-32(7-5-15)17-11-34-12-17/h8-10,13-15,17,20,27,30H,4-7,11-12H2,1-3H3. The molecule has 5 heterocycles. The van der Waals surface area contributed by atoms with Crippen molar-refractivity contribution in [3.05, 3.63) is 34.9 Å². The third kappa shape index (κ3) is 4.12. The molecule has 2 aromatic rings. The Bertz CT molecular complexity index is 1170. The minimum Gasteiger partial charge on any atom is -0.378 e. The lowest BCUT2D eigenvalue weighted by molar-refractivity contribution is -0.0714. The van der Waals surface area contributed by atoms with Gasteiger partial charge in [0.1, 0.15) is 18.3 Å². The van der Waals surface area contributed by atoms with E-state index in [4.69, 9.17) is 19.9 Å². The summed E-state index contributed by atoms with van der Waals surface area (Å²) in [4.78, 5) is 19.1. The maximum Gasteiger partial charge on any atom is 0.162 e. The van der Waals surface area contributed by atoms with Crippen LogP contribution in [-0.4, -0.2) is 78.8 Å². The average Bonchev–Trinajstić information content (AvgIpc) is 3.17. The van der Waals surface area contributed by atoms with Crippen molar-refractivity contribution in [2.45, 2.75) is 50.7 Å². The van der Waals surface area contributed by atoms with Gasteiger partial charge in [-0.25, -0.2) is 19.4 Å². The van der Waals surface area contributed by atoms with Gasteiger partial charge in [-0.1, -0.05) is 13.8 Å². The maximum absolute atomic E-state index is 15.3. The Balaban J connectivity index is 1.49. The van der Waals surface area contributed by atoms with E-state index in [1.54, 1.807) is 19.4 Å². The van der Waals surface area contributed by atoms with Gasteiger partial charge in [-0.2, -0.15) is 0 Å². The van der Waals surface area contributed by atoms with Crippen molar-refractivity contribution in [3.63, 3.8) is 0 Å². The van der Waals surface area contributed by atoms with E-state index in [1.165, 1.54) is 0 Å². The minimum absolute atomic E-state index is 0.119. The van der Waals surface area contributed by atoms with Crippen LogP contribution in [0.4, 0.5) is 4.39 Å². The number of amidine groups is 1. The molecule has 5 rings (SSSR count). The van der Waals surface area contributed by atoms with E-state index < -0.39 is 6.10 Å². The van der Waals surface area contributed by atoms with Crippen molar-refractivity contribution in [1.82, 2.24) is 14.9 Å². The topological polar surface area (TPSA) is 98.9 Å². The average molecular weight is 467 g/mol. The number of allylic oxidation sites excluding steroid dienone is 1. The lowest BCUT2D eigenvalue weighted by Crippen LogP contribution is -2.51. The summed E-state index contributed by atoms with van der Waals surface area (Å²) < 4.78 is 26.1. The Morgan fingerprint density at radius 2 is 2.09 bits per heavy atom. The maximum atomic E-state index is 15.3. The van der Waals surface area contributed by atoms with Gasteiger partial charge in [0.25, 0.3) is 0 Å². The van der Waals surface area contributed by atoms with E-state index in [2.05, 4.69) is 33.7 Å². The number of H-pyrrole nitrogens is 1. The number of piperidine rings is 1. The minimum atomic E-state index is -0.459. The lowest BCUT2D eigenvalue weighted by Gasteiger charge is -2.41. The highest BCUT2D eigenvalue weighted by Crippen LogP contribution is 2.36. The fourth-order valence-electron chi connectivity index (χ4n) is 5.16. The number of ether oxygens (including phenoxy) is 2. The van der Waals surface area contributed by atoms with Crippen LogP contribution in [-0.2, 0) is 9.47 Å². The van der Waals surface area contributed by atoms with E-state index in [-0.39, 0.29) is 17.7 Å². The quantitative estimate of drug-likeness (QED) is 0.498. The van der Waals surface area contributed by atoms with E-state index in [1.807, 2.05) is 6.08 Å². The van der Waals surface area contributed by atoms with E-state index >= 15 is 4.39 Å². The summed E-state index contributed by atoms with van der Waals surface area (Å²) in [5.41, 5.74) is 4.83. The van der Waals surface area contributed by atoms with Crippen LogP contribution >= 0.6 is 0 Å². The Labute approximate surface area is 198 Å². The molecule has 2 saturated heterocycles. The van der Waals surface area contributed by atoms with Crippen molar-refractivity contribution in [2.24, 2.45) is 9.98 Å². The van der Waals surface area contributed by atoms with Gasteiger partial charge in [0.15, 0.2) is 5.84 Å². The van der Waals surface area contributed by atoms with E-state index in [0.29, 0.717) is 23.1 Å². The highest BCUT2D eigenvalue weighted by molar-refractivity contribution is 6.19. The number of hydrogen-bond donors (Lipinski definition) is 2. The number of nitrogens with one attached hydrogen (secondary N) is 2. The van der Waals surface area contributed by atoms with Crippen LogP contribution < -0.4 is 0 Å². The molecule has 3 aliphatic rings. The first-order chi connectivity index (χ1) is 16.5. The molecule has 0 aliphatic carbocycles. The summed E-state index contributed by atoms with van der Waals surface area (Å²) in [7, 11) is 1.58. The summed E-state index contributed by atoms with van der Waals surface area (Å²) in [6.45, 7) is 7.76. The van der Waals surface area contributed by atoms with Gasteiger partial charge in [0.2, 0.25) is 0 Å². The van der Waals surface area contributed by atoms with Crippen LogP contribution in [0.2, 0.25) is 0 Å². The van der Waals surface area contributed by atoms with E-state index in [9.17, 15) is 0 Å². The zero-order valence-corrected chi connectivity index (χ0v) is 19.8.